The number of carbonyl (C=O) groups is 3. The zero-order valence-corrected chi connectivity index (χ0v) is 24.6. The number of fused-ring (bicyclic) bond motifs is 1. The number of nitrogens with one attached hydrogen (secondary N) is 1. The lowest BCUT2D eigenvalue weighted by Gasteiger charge is -2.29. The van der Waals surface area contributed by atoms with Gasteiger partial charge >= 0.3 is 5.97 Å². The predicted molar refractivity (Wildman–Crippen MR) is 155 cm³/mol. The summed E-state index contributed by atoms with van der Waals surface area (Å²) in [4.78, 5) is 49.6. The summed E-state index contributed by atoms with van der Waals surface area (Å²) >= 11 is 0. The Hall–Kier alpha value is -3.47. The first kappa shape index (κ1) is 30.0. The number of carbonyl (C=O) groups excluding carboxylic acids is 3. The minimum Gasteiger partial charge on any atom is -0.504 e. The molecule has 42 heavy (non-hydrogen) atoms. The van der Waals surface area contributed by atoms with E-state index in [1.807, 2.05) is 0 Å². The van der Waals surface area contributed by atoms with Crippen molar-refractivity contribution < 1.29 is 34.4 Å². The number of likely N-dealkylation sites (tertiary alicyclic amines) is 1. The summed E-state index contributed by atoms with van der Waals surface area (Å²) in [5.74, 6) is -1.09. The molecule has 1 aromatic carbocycles. The summed E-state index contributed by atoms with van der Waals surface area (Å²) in [7, 11) is 0. The van der Waals surface area contributed by atoms with E-state index in [1.165, 1.54) is 35.9 Å². The summed E-state index contributed by atoms with van der Waals surface area (Å²) in [6, 6.07) is 2.23. The fourth-order valence-electron chi connectivity index (χ4n) is 7.69. The van der Waals surface area contributed by atoms with Gasteiger partial charge in [0.25, 0.3) is 0 Å². The number of ether oxygens (including phenoxy) is 1. The van der Waals surface area contributed by atoms with Gasteiger partial charge in [0, 0.05) is 25.1 Å². The van der Waals surface area contributed by atoms with Crippen LogP contribution in [0.2, 0.25) is 0 Å². The molecule has 2 aliphatic heterocycles. The number of aliphatic hydroxyl groups excluding tert-OH is 1. The summed E-state index contributed by atoms with van der Waals surface area (Å²) in [6.45, 7) is 8.01. The molecule has 0 radical (unpaired) electrons. The largest absolute Gasteiger partial charge is 0.504 e. The van der Waals surface area contributed by atoms with Crippen LogP contribution in [-0.4, -0.2) is 87.9 Å². The van der Waals surface area contributed by atoms with Crippen molar-refractivity contribution in [2.24, 2.45) is 32.7 Å². The Kier molecular flexibility index (Phi) is 8.33. The number of aliphatic imine (C=N–C) groups is 2. The number of aliphatic hydroxyl groups is 1. The molecule has 3 fully saturated rings. The van der Waals surface area contributed by atoms with Crippen LogP contribution in [0, 0.1) is 22.7 Å². The van der Waals surface area contributed by atoms with Crippen LogP contribution < -0.4 is 5.32 Å². The van der Waals surface area contributed by atoms with Crippen LogP contribution in [0.1, 0.15) is 64.9 Å². The van der Waals surface area contributed by atoms with Crippen LogP contribution in [0.15, 0.2) is 28.2 Å². The fourth-order valence-corrected chi connectivity index (χ4v) is 7.69. The molecule has 11 nitrogen and oxygen atoms in total. The molecule has 5 rings (SSSR count). The number of aromatic hydroxyl groups is 2. The molecule has 1 aromatic rings. The number of phenols is 2. The van der Waals surface area contributed by atoms with Gasteiger partial charge in [-0.15, -0.1) is 0 Å². The van der Waals surface area contributed by atoms with Crippen LogP contribution in [0.5, 0.6) is 11.5 Å². The molecule has 4 aliphatic rings. The van der Waals surface area contributed by atoms with Crippen LogP contribution in [0.3, 0.4) is 0 Å². The van der Waals surface area contributed by atoms with Crippen molar-refractivity contribution in [3.8, 4) is 11.5 Å². The van der Waals surface area contributed by atoms with E-state index in [-0.39, 0.29) is 24.3 Å². The maximum atomic E-state index is 13.8. The van der Waals surface area contributed by atoms with E-state index in [0.29, 0.717) is 66.5 Å². The Labute approximate surface area is 246 Å². The number of nitrogens with zero attached hydrogens (tertiary/aromatic N) is 3. The molecule has 2 aliphatic carbocycles. The van der Waals surface area contributed by atoms with E-state index >= 15 is 0 Å². The Morgan fingerprint density at radius 2 is 1.93 bits per heavy atom. The van der Waals surface area contributed by atoms with Crippen molar-refractivity contribution in [3.63, 3.8) is 0 Å². The molecule has 11 heteroatoms. The molecule has 6 atom stereocenters. The Balaban J connectivity index is 1.19. The van der Waals surface area contributed by atoms with Gasteiger partial charge < -0.3 is 30.3 Å². The third kappa shape index (κ3) is 5.75. The summed E-state index contributed by atoms with van der Waals surface area (Å²) in [5.41, 5.74) is 1.77. The van der Waals surface area contributed by atoms with Crippen molar-refractivity contribution >= 4 is 29.8 Å². The first-order valence-electron chi connectivity index (χ1n) is 14.9. The van der Waals surface area contributed by atoms with Crippen molar-refractivity contribution in [1.82, 2.24) is 10.2 Å². The molecular weight excluding hydrogens is 540 g/mol. The second-order valence-electron chi connectivity index (χ2n) is 13.0. The molecular formula is C31H42N4O7. The van der Waals surface area contributed by atoms with Crippen LogP contribution >= 0.6 is 0 Å². The first-order chi connectivity index (χ1) is 19.9. The van der Waals surface area contributed by atoms with E-state index in [1.54, 1.807) is 0 Å². The third-order valence-corrected chi connectivity index (χ3v) is 10.3. The van der Waals surface area contributed by atoms with Gasteiger partial charge in [0.05, 0.1) is 13.2 Å². The normalized spacial score (nSPS) is 28.6. The number of benzene rings is 1. The minimum atomic E-state index is -1.51. The second kappa shape index (κ2) is 11.7. The van der Waals surface area contributed by atoms with Gasteiger partial charge in [0.15, 0.2) is 11.5 Å². The second-order valence-corrected chi connectivity index (χ2v) is 13.0. The van der Waals surface area contributed by atoms with Crippen molar-refractivity contribution in [2.75, 3.05) is 19.7 Å². The smallest absolute Gasteiger partial charge is 0.328 e. The zero-order valence-electron chi connectivity index (χ0n) is 24.6. The molecule has 4 N–H and O–H groups in total. The molecule has 6 unspecified atom stereocenters. The minimum absolute atomic E-state index is 0.0905. The SMILES string of the molecule is CC1(C)C2C(CCOC(=O)C3CCCN3C(=O)C(CC3=NC=NC3)NC(=O)C(O)Cc3ccc(O)c(O)c3)CCC21C. The highest BCUT2D eigenvalue weighted by Gasteiger charge is 2.72. The van der Waals surface area contributed by atoms with Crippen LogP contribution in [-0.2, 0) is 25.5 Å². The molecule has 2 saturated carbocycles. The van der Waals surface area contributed by atoms with E-state index in [4.69, 9.17) is 4.74 Å². The molecule has 2 amide bonds. The lowest BCUT2D eigenvalue weighted by atomic mass is 9.88. The lowest BCUT2D eigenvalue weighted by Crippen LogP contribution is -2.54. The van der Waals surface area contributed by atoms with E-state index in [2.05, 4.69) is 36.1 Å². The van der Waals surface area contributed by atoms with Crippen LogP contribution in [0.25, 0.3) is 0 Å². The lowest BCUT2D eigenvalue weighted by molar-refractivity contribution is -0.154. The fraction of sp³-hybridized carbons (Fsp3) is 0.645. The third-order valence-electron chi connectivity index (χ3n) is 10.3. The molecule has 228 valence electrons. The number of esters is 1. The molecule has 0 aromatic heterocycles. The number of hydrogen-bond donors (Lipinski definition) is 4. The maximum Gasteiger partial charge on any atom is 0.328 e. The van der Waals surface area contributed by atoms with Crippen molar-refractivity contribution in [2.45, 2.75) is 83.9 Å². The molecule has 1 saturated heterocycles. The van der Waals surface area contributed by atoms with Gasteiger partial charge in [-0.1, -0.05) is 26.8 Å². The number of rotatable bonds is 11. The standard InChI is InChI=1S/C31H42N4O7/c1-30(2)26-19(8-10-31(26,30)3)9-12-42-29(41)22-5-4-11-35(22)28(40)21(15-20-16-32-17-33-20)34-27(39)25(38)14-18-6-7-23(36)24(37)13-18/h6-7,13,17,19,21-22,25-26,36-38H,4-5,8-12,14-16H2,1-3H3,(H,34,39). The highest BCUT2D eigenvalue weighted by atomic mass is 16.5. The van der Waals surface area contributed by atoms with Gasteiger partial charge in [0.1, 0.15) is 24.5 Å². The maximum absolute atomic E-state index is 13.8. The highest BCUT2D eigenvalue weighted by Crippen LogP contribution is 2.78. The van der Waals surface area contributed by atoms with Gasteiger partial charge in [-0.2, -0.15) is 0 Å². The zero-order chi connectivity index (χ0) is 30.2. The quantitative estimate of drug-likeness (QED) is 0.230. The average Bonchev–Trinajstić information content (AvgIpc) is 3.57. The molecule has 2 heterocycles. The van der Waals surface area contributed by atoms with Crippen molar-refractivity contribution in [3.05, 3.63) is 23.8 Å². The topological polar surface area (TPSA) is 161 Å². The Bertz CT molecular complexity index is 1290. The van der Waals surface area contributed by atoms with Gasteiger partial charge in [0.2, 0.25) is 11.8 Å². The summed E-state index contributed by atoms with van der Waals surface area (Å²) in [5, 5.41) is 32.5. The predicted octanol–water partition coefficient (Wildman–Crippen LogP) is 2.36. The first-order valence-corrected chi connectivity index (χ1v) is 14.9. The average molecular weight is 583 g/mol. The number of phenolic OH excluding ortho intramolecular Hbond substituents is 2. The van der Waals surface area contributed by atoms with Crippen molar-refractivity contribution in [1.29, 1.82) is 0 Å². The number of hydrogen-bond acceptors (Lipinski definition) is 9. The Morgan fingerprint density at radius 3 is 2.60 bits per heavy atom. The van der Waals surface area contributed by atoms with E-state index < -0.39 is 36.0 Å². The van der Waals surface area contributed by atoms with Gasteiger partial charge in [-0.3, -0.25) is 14.6 Å². The Morgan fingerprint density at radius 1 is 1.14 bits per heavy atom. The van der Waals surface area contributed by atoms with Crippen LogP contribution in [0.4, 0.5) is 0 Å². The summed E-state index contributed by atoms with van der Waals surface area (Å²) in [6.07, 6.45) is 4.16. The summed E-state index contributed by atoms with van der Waals surface area (Å²) < 4.78 is 5.71. The van der Waals surface area contributed by atoms with E-state index in [9.17, 15) is 29.7 Å². The molecule has 0 bridgehead atoms. The highest BCUT2D eigenvalue weighted by molar-refractivity contribution is 6.01. The van der Waals surface area contributed by atoms with E-state index in [0.717, 1.165) is 12.8 Å². The number of amides is 2. The van der Waals surface area contributed by atoms with Gasteiger partial charge in [-0.05, 0) is 72.5 Å². The molecule has 0 spiro atoms. The van der Waals surface area contributed by atoms with Gasteiger partial charge in [-0.25, -0.2) is 9.79 Å². The monoisotopic (exact) mass is 582 g/mol.